The zero-order chi connectivity index (χ0) is 18.4. The Labute approximate surface area is 161 Å². The fraction of sp³-hybridized carbons (Fsp3) is 0.750. The Balaban J connectivity index is 1.64. The van der Waals surface area contributed by atoms with Crippen molar-refractivity contribution in [3.05, 3.63) is 35.4 Å². The highest BCUT2D eigenvalue weighted by Crippen LogP contribution is 2.35. The van der Waals surface area contributed by atoms with Gasteiger partial charge in [0.15, 0.2) is 0 Å². The molecule has 0 amide bonds. The van der Waals surface area contributed by atoms with Crippen LogP contribution in [-0.4, -0.2) is 35.2 Å². The number of likely N-dealkylation sites (tertiary alicyclic amines) is 1. The second-order valence-corrected chi connectivity index (χ2v) is 8.95. The lowest BCUT2D eigenvalue weighted by atomic mass is 9.81. The zero-order valence-electron chi connectivity index (χ0n) is 17.0. The Morgan fingerprint density at radius 1 is 0.885 bits per heavy atom. The number of aliphatic hydroxyl groups is 1. The van der Waals surface area contributed by atoms with Crippen molar-refractivity contribution in [1.82, 2.24) is 4.90 Å². The molecule has 1 aliphatic heterocycles. The van der Waals surface area contributed by atoms with Crippen molar-refractivity contribution in [2.75, 3.05) is 13.1 Å². The topological polar surface area (TPSA) is 23.5 Å². The minimum Gasteiger partial charge on any atom is -0.391 e. The van der Waals surface area contributed by atoms with Gasteiger partial charge in [-0.1, -0.05) is 83.1 Å². The summed E-state index contributed by atoms with van der Waals surface area (Å²) in [6.07, 6.45) is 13.4. The summed E-state index contributed by atoms with van der Waals surface area (Å²) < 4.78 is 0. The number of rotatable bonds is 3. The van der Waals surface area contributed by atoms with Crippen LogP contribution in [0.4, 0.5) is 0 Å². The van der Waals surface area contributed by atoms with E-state index in [9.17, 15) is 5.11 Å². The van der Waals surface area contributed by atoms with E-state index in [-0.39, 0.29) is 6.10 Å². The summed E-state index contributed by atoms with van der Waals surface area (Å²) in [7, 11) is 0. The molecule has 2 aliphatic rings. The van der Waals surface area contributed by atoms with Gasteiger partial charge in [0.1, 0.15) is 0 Å². The number of hydrogen-bond acceptors (Lipinski definition) is 2. The van der Waals surface area contributed by atoms with Crippen LogP contribution in [0.5, 0.6) is 0 Å². The van der Waals surface area contributed by atoms with Gasteiger partial charge in [-0.25, -0.2) is 0 Å². The second-order valence-electron chi connectivity index (χ2n) is 8.95. The number of nitrogens with zero attached hydrogens (tertiary/aromatic N) is 1. The average molecular weight is 358 g/mol. The molecule has 2 nitrogen and oxygen atoms in total. The Morgan fingerprint density at radius 2 is 1.50 bits per heavy atom. The molecule has 0 aromatic heterocycles. The van der Waals surface area contributed by atoms with Gasteiger partial charge in [0.2, 0.25) is 0 Å². The van der Waals surface area contributed by atoms with E-state index in [2.05, 4.69) is 43.0 Å². The van der Waals surface area contributed by atoms with E-state index in [0.29, 0.717) is 17.9 Å². The first-order valence-corrected chi connectivity index (χ1v) is 11.2. The fourth-order valence-corrected chi connectivity index (χ4v) is 5.18. The molecule has 2 atom stereocenters. The number of hydrogen-bond donors (Lipinski definition) is 1. The van der Waals surface area contributed by atoms with Gasteiger partial charge in [-0.05, 0) is 42.9 Å². The van der Waals surface area contributed by atoms with Crippen molar-refractivity contribution in [2.24, 2.45) is 0 Å². The lowest BCUT2D eigenvalue weighted by molar-refractivity contribution is 0.0238. The van der Waals surface area contributed by atoms with E-state index in [4.69, 9.17) is 0 Å². The molecule has 26 heavy (non-hydrogen) atoms. The summed E-state index contributed by atoms with van der Waals surface area (Å²) in [5, 5.41) is 11.0. The first-order valence-electron chi connectivity index (χ1n) is 11.2. The number of β-amino-alcohol motifs (C(OH)–C–C–N with tert-alkyl or cyclic N) is 1. The predicted molar refractivity (Wildman–Crippen MR) is 111 cm³/mol. The second kappa shape index (κ2) is 9.90. The lowest BCUT2D eigenvalue weighted by Gasteiger charge is -2.41. The average Bonchev–Trinajstić information content (AvgIpc) is 2.66. The van der Waals surface area contributed by atoms with Crippen LogP contribution in [0, 0.1) is 0 Å². The molecule has 3 rings (SSSR count). The largest absolute Gasteiger partial charge is 0.391 e. The third-order valence-corrected chi connectivity index (χ3v) is 6.72. The smallest absolute Gasteiger partial charge is 0.0736 e. The highest BCUT2D eigenvalue weighted by molar-refractivity contribution is 5.34. The molecule has 1 saturated heterocycles. The summed E-state index contributed by atoms with van der Waals surface area (Å²) in [6, 6.07) is 9.48. The van der Waals surface area contributed by atoms with Crippen molar-refractivity contribution >= 4 is 0 Å². The van der Waals surface area contributed by atoms with Gasteiger partial charge in [-0.2, -0.15) is 0 Å². The summed E-state index contributed by atoms with van der Waals surface area (Å²) in [5.41, 5.74) is 2.81. The molecule has 1 aromatic carbocycles. The SMILES string of the molecule is CC(C)c1ccccc1C1CCN(C2CCCCCCCCC2)CC1O. The highest BCUT2D eigenvalue weighted by Gasteiger charge is 2.33. The minimum atomic E-state index is -0.223. The molecule has 1 saturated carbocycles. The van der Waals surface area contributed by atoms with E-state index >= 15 is 0 Å². The molecule has 0 radical (unpaired) electrons. The van der Waals surface area contributed by atoms with Crippen LogP contribution in [0.1, 0.15) is 101 Å². The molecular formula is C24H39NO. The van der Waals surface area contributed by atoms with Crippen molar-refractivity contribution in [3.63, 3.8) is 0 Å². The van der Waals surface area contributed by atoms with E-state index in [1.807, 2.05) is 0 Å². The first kappa shape index (κ1) is 19.9. The van der Waals surface area contributed by atoms with Gasteiger partial charge in [0.25, 0.3) is 0 Å². The molecule has 2 fully saturated rings. The third-order valence-electron chi connectivity index (χ3n) is 6.72. The summed E-state index contributed by atoms with van der Waals surface area (Å²) in [6.45, 7) is 6.54. The predicted octanol–water partition coefficient (Wildman–Crippen LogP) is 5.85. The monoisotopic (exact) mass is 357 g/mol. The minimum absolute atomic E-state index is 0.223. The van der Waals surface area contributed by atoms with Crippen molar-refractivity contribution < 1.29 is 5.11 Å². The molecule has 146 valence electrons. The van der Waals surface area contributed by atoms with Gasteiger partial charge >= 0.3 is 0 Å². The summed E-state index contributed by atoms with van der Waals surface area (Å²) >= 11 is 0. The number of piperidine rings is 1. The Kier molecular flexibility index (Phi) is 7.57. The molecule has 1 N–H and O–H groups in total. The fourth-order valence-electron chi connectivity index (χ4n) is 5.18. The normalized spacial score (nSPS) is 27.5. The van der Waals surface area contributed by atoms with Crippen LogP contribution >= 0.6 is 0 Å². The van der Waals surface area contributed by atoms with Crippen molar-refractivity contribution in [3.8, 4) is 0 Å². The van der Waals surface area contributed by atoms with Crippen LogP contribution in [0.3, 0.4) is 0 Å². The van der Waals surface area contributed by atoms with E-state index < -0.39 is 0 Å². The Hall–Kier alpha value is -0.860. The van der Waals surface area contributed by atoms with E-state index in [0.717, 1.165) is 19.5 Å². The molecule has 0 bridgehead atoms. The Bertz CT molecular complexity index is 531. The molecule has 1 aromatic rings. The maximum absolute atomic E-state index is 11.0. The van der Waals surface area contributed by atoms with Crippen molar-refractivity contribution in [1.29, 1.82) is 0 Å². The molecule has 2 unspecified atom stereocenters. The standard InChI is InChI=1S/C24H39NO/c1-19(2)21-14-10-11-15-22(21)23-16-17-25(18-24(23)26)20-12-8-6-4-3-5-7-9-13-20/h10-11,14-15,19-20,23-24,26H,3-9,12-13,16-18H2,1-2H3. The highest BCUT2D eigenvalue weighted by atomic mass is 16.3. The number of aliphatic hydroxyl groups excluding tert-OH is 1. The first-order chi connectivity index (χ1) is 12.7. The summed E-state index contributed by atoms with van der Waals surface area (Å²) in [4.78, 5) is 2.63. The molecular weight excluding hydrogens is 318 g/mol. The van der Waals surface area contributed by atoms with Gasteiger partial charge in [-0.3, -0.25) is 4.90 Å². The van der Waals surface area contributed by atoms with Crippen LogP contribution in [0.25, 0.3) is 0 Å². The summed E-state index contributed by atoms with van der Waals surface area (Å²) in [5.74, 6) is 0.833. The molecule has 2 heteroatoms. The van der Waals surface area contributed by atoms with E-state index in [1.54, 1.807) is 0 Å². The maximum atomic E-state index is 11.0. The quantitative estimate of drug-likeness (QED) is 0.733. The van der Waals surface area contributed by atoms with Crippen LogP contribution < -0.4 is 0 Å². The van der Waals surface area contributed by atoms with Gasteiger partial charge in [0.05, 0.1) is 6.10 Å². The number of benzene rings is 1. The lowest BCUT2D eigenvalue weighted by Crippen LogP contribution is -2.48. The van der Waals surface area contributed by atoms with Crippen LogP contribution in [0.15, 0.2) is 24.3 Å². The zero-order valence-corrected chi connectivity index (χ0v) is 17.0. The molecule has 1 heterocycles. The molecule has 0 spiro atoms. The van der Waals surface area contributed by atoms with Crippen molar-refractivity contribution in [2.45, 2.75) is 102 Å². The third kappa shape index (κ3) is 5.10. The Morgan fingerprint density at radius 3 is 2.12 bits per heavy atom. The maximum Gasteiger partial charge on any atom is 0.0736 e. The van der Waals surface area contributed by atoms with Crippen LogP contribution in [0.2, 0.25) is 0 Å². The van der Waals surface area contributed by atoms with Gasteiger partial charge in [-0.15, -0.1) is 0 Å². The van der Waals surface area contributed by atoms with Crippen LogP contribution in [-0.2, 0) is 0 Å². The van der Waals surface area contributed by atoms with Gasteiger partial charge in [0, 0.05) is 18.5 Å². The molecule has 1 aliphatic carbocycles. The van der Waals surface area contributed by atoms with E-state index in [1.165, 1.54) is 68.9 Å². The van der Waals surface area contributed by atoms with Gasteiger partial charge < -0.3 is 5.11 Å².